The van der Waals surface area contributed by atoms with Gasteiger partial charge in [0.25, 0.3) is 5.91 Å². The fourth-order valence-electron chi connectivity index (χ4n) is 4.20. The lowest BCUT2D eigenvalue weighted by molar-refractivity contribution is 0.102. The SMILES string of the molecule is Cc1ccc(-c2nnc3n2CCCCC3)cc1NC(=O)c1cc(C)n(-c2ccccc2)n1. The average Bonchev–Trinajstić information content (AvgIpc) is 3.31. The number of amides is 1. The smallest absolute Gasteiger partial charge is 0.276 e. The number of benzene rings is 2. The minimum atomic E-state index is -0.233. The number of fused-ring (bicyclic) bond motifs is 1. The summed E-state index contributed by atoms with van der Waals surface area (Å²) < 4.78 is 4.00. The number of anilines is 1. The molecule has 0 radical (unpaired) electrons. The van der Waals surface area contributed by atoms with Crippen LogP contribution in [0.2, 0.25) is 0 Å². The molecule has 7 nitrogen and oxygen atoms in total. The van der Waals surface area contributed by atoms with E-state index >= 15 is 0 Å². The Kier molecular flexibility index (Phi) is 5.31. The number of carbonyl (C=O) groups excluding carboxylic acids is 1. The number of aryl methyl sites for hydroxylation is 3. The molecule has 7 heteroatoms. The topological polar surface area (TPSA) is 77.6 Å². The Bertz CT molecular complexity index is 1270. The van der Waals surface area contributed by atoms with E-state index in [1.807, 2.05) is 62.4 Å². The molecule has 0 saturated carbocycles. The van der Waals surface area contributed by atoms with Gasteiger partial charge in [-0.1, -0.05) is 36.8 Å². The lowest BCUT2D eigenvalue weighted by atomic mass is 10.1. The number of carbonyl (C=O) groups is 1. The molecular weight excluding hydrogens is 400 g/mol. The summed E-state index contributed by atoms with van der Waals surface area (Å²) >= 11 is 0. The number of hydrogen-bond donors (Lipinski definition) is 1. The maximum absolute atomic E-state index is 13.0. The highest BCUT2D eigenvalue weighted by molar-refractivity contribution is 6.03. The fraction of sp³-hybridized carbons (Fsp3) is 0.280. The first-order chi connectivity index (χ1) is 15.6. The van der Waals surface area contributed by atoms with E-state index in [4.69, 9.17) is 0 Å². The van der Waals surface area contributed by atoms with Crippen molar-refractivity contribution in [2.24, 2.45) is 0 Å². The minimum absolute atomic E-state index is 0.233. The maximum atomic E-state index is 13.0. The van der Waals surface area contributed by atoms with Crippen molar-refractivity contribution in [3.8, 4) is 17.1 Å². The molecule has 2 aromatic heterocycles. The third kappa shape index (κ3) is 3.82. The number of hydrogen-bond acceptors (Lipinski definition) is 4. The van der Waals surface area contributed by atoms with Crippen molar-refractivity contribution < 1.29 is 4.79 Å². The summed E-state index contributed by atoms with van der Waals surface area (Å²) in [7, 11) is 0. The zero-order valence-corrected chi connectivity index (χ0v) is 18.4. The third-order valence-electron chi connectivity index (χ3n) is 5.97. The van der Waals surface area contributed by atoms with Gasteiger partial charge < -0.3 is 9.88 Å². The molecule has 0 spiro atoms. The monoisotopic (exact) mass is 426 g/mol. The van der Waals surface area contributed by atoms with E-state index in [9.17, 15) is 4.79 Å². The summed E-state index contributed by atoms with van der Waals surface area (Å²) in [6, 6.07) is 17.6. The molecule has 162 valence electrons. The van der Waals surface area contributed by atoms with Gasteiger partial charge in [0, 0.05) is 29.9 Å². The zero-order valence-electron chi connectivity index (χ0n) is 18.4. The van der Waals surface area contributed by atoms with Crippen molar-refractivity contribution in [3.63, 3.8) is 0 Å². The second-order valence-corrected chi connectivity index (χ2v) is 8.30. The first-order valence-corrected chi connectivity index (χ1v) is 11.1. The van der Waals surface area contributed by atoms with Gasteiger partial charge in [0.2, 0.25) is 0 Å². The molecule has 1 aliphatic heterocycles. The van der Waals surface area contributed by atoms with Crippen LogP contribution in [-0.2, 0) is 13.0 Å². The normalized spacial score (nSPS) is 13.4. The summed E-state index contributed by atoms with van der Waals surface area (Å²) in [5.41, 5.74) is 4.90. The van der Waals surface area contributed by atoms with Crippen LogP contribution in [0, 0.1) is 13.8 Å². The van der Waals surface area contributed by atoms with Crippen LogP contribution in [0.3, 0.4) is 0 Å². The zero-order chi connectivity index (χ0) is 22.1. The van der Waals surface area contributed by atoms with Crippen LogP contribution in [0.5, 0.6) is 0 Å². The van der Waals surface area contributed by atoms with E-state index in [0.29, 0.717) is 5.69 Å². The molecule has 1 aliphatic rings. The average molecular weight is 427 g/mol. The molecule has 0 unspecified atom stereocenters. The fourth-order valence-corrected chi connectivity index (χ4v) is 4.20. The standard InChI is InChI=1S/C25H26N6O/c1-17-12-13-19(24-28-27-23-11-7-4-8-14-30(23)24)16-21(17)26-25(32)22-15-18(2)31(29-22)20-9-5-3-6-10-20/h3,5-6,9-10,12-13,15-16H,4,7-8,11,14H2,1-2H3,(H,26,32). The Balaban J connectivity index is 1.42. The largest absolute Gasteiger partial charge is 0.320 e. The van der Waals surface area contributed by atoms with Crippen LogP contribution < -0.4 is 5.32 Å². The molecule has 4 aromatic rings. The number of nitrogens with zero attached hydrogens (tertiary/aromatic N) is 5. The Hall–Kier alpha value is -3.74. The molecule has 0 bridgehead atoms. The van der Waals surface area contributed by atoms with Crippen LogP contribution in [0.4, 0.5) is 5.69 Å². The van der Waals surface area contributed by atoms with Crippen molar-refractivity contribution in [1.82, 2.24) is 24.5 Å². The summed E-state index contributed by atoms with van der Waals surface area (Å²) in [6.07, 6.45) is 4.47. The highest BCUT2D eigenvalue weighted by atomic mass is 16.2. The van der Waals surface area contributed by atoms with Crippen molar-refractivity contribution in [3.05, 3.63) is 77.4 Å². The Morgan fingerprint density at radius 2 is 1.81 bits per heavy atom. The lowest BCUT2D eigenvalue weighted by Crippen LogP contribution is -2.14. The molecule has 0 atom stereocenters. The summed E-state index contributed by atoms with van der Waals surface area (Å²) in [5.74, 6) is 1.68. The number of para-hydroxylation sites is 1. The molecule has 1 amide bonds. The Labute approximate surface area is 187 Å². The van der Waals surface area contributed by atoms with E-state index in [0.717, 1.165) is 65.7 Å². The minimum Gasteiger partial charge on any atom is -0.320 e. The van der Waals surface area contributed by atoms with E-state index in [1.54, 1.807) is 10.7 Å². The van der Waals surface area contributed by atoms with Crippen molar-refractivity contribution >= 4 is 11.6 Å². The maximum Gasteiger partial charge on any atom is 0.276 e. The second-order valence-electron chi connectivity index (χ2n) is 8.30. The lowest BCUT2D eigenvalue weighted by Gasteiger charge is -2.11. The predicted octanol–water partition coefficient (Wildman–Crippen LogP) is 4.73. The summed E-state index contributed by atoms with van der Waals surface area (Å²) in [6.45, 7) is 4.86. The van der Waals surface area contributed by atoms with Gasteiger partial charge in [-0.3, -0.25) is 4.79 Å². The van der Waals surface area contributed by atoms with E-state index < -0.39 is 0 Å². The Morgan fingerprint density at radius 3 is 2.66 bits per heavy atom. The molecule has 1 N–H and O–H groups in total. The molecule has 0 saturated heterocycles. The van der Waals surface area contributed by atoms with Crippen LogP contribution in [0.15, 0.2) is 54.6 Å². The van der Waals surface area contributed by atoms with Crippen LogP contribution in [0.25, 0.3) is 17.1 Å². The molecule has 2 aromatic carbocycles. The summed E-state index contributed by atoms with van der Waals surface area (Å²) in [4.78, 5) is 13.0. The number of rotatable bonds is 4. The van der Waals surface area contributed by atoms with Crippen molar-refractivity contribution in [1.29, 1.82) is 0 Å². The van der Waals surface area contributed by atoms with Gasteiger partial charge in [-0.05, 0) is 56.5 Å². The van der Waals surface area contributed by atoms with Crippen molar-refractivity contribution in [2.75, 3.05) is 5.32 Å². The predicted molar refractivity (Wildman–Crippen MR) is 124 cm³/mol. The van der Waals surface area contributed by atoms with Gasteiger partial charge in [-0.2, -0.15) is 5.10 Å². The molecule has 32 heavy (non-hydrogen) atoms. The number of aromatic nitrogens is 5. The van der Waals surface area contributed by atoms with Crippen molar-refractivity contribution in [2.45, 2.75) is 46.1 Å². The first-order valence-electron chi connectivity index (χ1n) is 11.1. The first kappa shape index (κ1) is 20.2. The molecule has 0 fully saturated rings. The van der Waals surface area contributed by atoms with Gasteiger partial charge in [-0.25, -0.2) is 4.68 Å². The van der Waals surface area contributed by atoms with Crippen LogP contribution in [-0.4, -0.2) is 30.5 Å². The quantitative estimate of drug-likeness (QED) is 0.512. The molecule has 3 heterocycles. The summed E-state index contributed by atoms with van der Waals surface area (Å²) in [5, 5.41) is 16.4. The highest BCUT2D eigenvalue weighted by Crippen LogP contribution is 2.27. The molecule has 0 aliphatic carbocycles. The van der Waals surface area contributed by atoms with Gasteiger partial charge in [-0.15, -0.1) is 10.2 Å². The van der Waals surface area contributed by atoms with Gasteiger partial charge >= 0.3 is 0 Å². The number of nitrogens with one attached hydrogen (secondary N) is 1. The molecule has 5 rings (SSSR count). The third-order valence-corrected chi connectivity index (χ3v) is 5.97. The van der Waals surface area contributed by atoms with Crippen LogP contribution >= 0.6 is 0 Å². The van der Waals surface area contributed by atoms with Gasteiger partial charge in [0.05, 0.1) is 5.69 Å². The van der Waals surface area contributed by atoms with Gasteiger partial charge in [0.15, 0.2) is 11.5 Å². The van der Waals surface area contributed by atoms with Crippen LogP contribution in [0.1, 0.15) is 46.8 Å². The van der Waals surface area contributed by atoms with E-state index in [2.05, 4.69) is 25.2 Å². The van der Waals surface area contributed by atoms with Gasteiger partial charge in [0.1, 0.15) is 5.82 Å². The second kappa shape index (κ2) is 8.42. The molecular formula is C25H26N6O. The Morgan fingerprint density at radius 1 is 0.969 bits per heavy atom. The van der Waals surface area contributed by atoms with E-state index in [-0.39, 0.29) is 5.91 Å². The van der Waals surface area contributed by atoms with E-state index in [1.165, 1.54) is 6.42 Å². The highest BCUT2D eigenvalue weighted by Gasteiger charge is 2.18.